The summed E-state index contributed by atoms with van der Waals surface area (Å²) in [6.45, 7) is 0. The van der Waals surface area contributed by atoms with E-state index in [1.54, 1.807) is 0 Å². The molecule has 0 bridgehead atoms. The fraction of sp³-hybridized carbons (Fsp3) is 0. The Morgan fingerprint density at radius 3 is 2.05 bits per heavy atom. The first-order chi connectivity index (χ1) is 10.9. The van der Waals surface area contributed by atoms with Crippen molar-refractivity contribution in [2.45, 2.75) is 0 Å². The number of para-hydroxylation sites is 2. The van der Waals surface area contributed by atoms with Gasteiger partial charge in [0.15, 0.2) is 0 Å². The highest BCUT2D eigenvalue weighted by atomic mass is 15.0. The maximum atomic E-state index is 8.63. The summed E-state index contributed by atoms with van der Waals surface area (Å²) >= 11 is 0. The van der Waals surface area contributed by atoms with E-state index >= 15 is 0 Å². The summed E-state index contributed by atoms with van der Waals surface area (Å²) in [5.74, 6) is 0. The van der Waals surface area contributed by atoms with Crippen LogP contribution in [0, 0.1) is 0 Å². The molecule has 3 aromatic carbocycles. The van der Waals surface area contributed by atoms with Gasteiger partial charge in [0, 0.05) is 11.1 Å². The van der Waals surface area contributed by atoms with Crippen molar-refractivity contribution < 1.29 is 1.37 Å². The Bertz CT molecular complexity index is 924. The molecular weight excluding hydrogens is 254 g/mol. The smallest absolute Gasteiger partial charge is 0.0652 e. The van der Waals surface area contributed by atoms with Gasteiger partial charge < -0.3 is 4.57 Å². The van der Waals surface area contributed by atoms with Crippen LogP contribution in [0.25, 0.3) is 27.8 Å². The molecule has 1 heteroatoms. The topological polar surface area (TPSA) is 4.93 Å². The third-order valence-corrected chi connectivity index (χ3v) is 3.68. The zero-order valence-corrected chi connectivity index (χ0v) is 11.5. The molecule has 4 rings (SSSR count). The highest BCUT2D eigenvalue weighted by Gasteiger charge is 2.11. The van der Waals surface area contributed by atoms with E-state index in [0.717, 1.165) is 27.8 Å². The summed E-state index contributed by atoms with van der Waals surface area (Å²) in [4.78, 5) is 0. The van der Waals surface area contributed by atoms with E-state index in [0.29, 0.717) is 6.04 Å². The van der Waals surface area contributed by atoms with Crippen LogP contribution in [-0.4, -0.2) is 4.57 Å². The number of benzene rings is 3. The fourth-order valence-corrected chi connectivity index (χ4v) is 2.72. The molecule has 0 aliphatic carbocycles. The minimum Gasteiger partial charge on any atom is -0.309 e. The maximum Gasteiger partial charge on any atom is 0.0652 e. The van der Waals surface area contributed by atoms with E-state index in [1.165, 1.54) is 0 Å². The Morgan fingerprint density at radius 2 is 1.29 bits per heavy atom. The van der Waals surface area contributed by atoms with Gasteiger partial charge in [0.25, 0.3) is 0 Å². The number of hydrogen-bond acceptors (Lipinski definition) is 0. The van der Waals surface area contributed by atoms with Crippen molar-refractivity contribution >= 4 is 10.9 Å². The molecular formula is C20H15N. The molecule has 1 aromatic heterocycles. The molecule has 0 unspecified atom stereocenters. The quantitative estimate of drug-likeness (QED) is 0.466. The van der Waals surface area contributed by atoms with Crippen LogP contribution in [0.15, 0.2) is 91.0 Å². The third kappa shape index (κ3) is 2.03. The molecule has 1 nitrogen and oxygen atoms in total. The van der Waals surface area contributed by atoms with Crippen LogP contribution in [0.5, 0.6) is 0 Å². The van der Waals surface area contributed by atoms with Crippen LogP contribution in [0.3, 0.4) is 0 Å². The summed E-state index contributed by atoms with van der Waals surface area (Å²) < 4.78 is 10.8. The molecule has 4 aromatic rings. The Balaban J connectivity index is 2.14. The second-order valence-corrected chi connectivity index (χ2v) is 5.03. The molecule has 0 amide bonds. The number of nitrogens with zero attached hydrogens (tertiary/aromatic N) is 1. The number of hydrogen-bond donors (Lipinski definition) is 0. The Labute approximate surface area is 125 Å². The minimum atomic E-state index is 0.575. The lowest BCUT2D eigenvalue weighted by molar-refractivity contribution is 1.13. The van der Waals surface area contributed by atoms with Gasteiger partial charge in [-0.15, -0.1) is 0 Å². The summed E-state index contributed by atoms with van der Waals surface area (Å²) in [5, 5.41) is 0.977. The van der Waals surface area contributed by atoms with E-state index < -0.39 is 0 Å². The van der Waals surface area contributed by atoms with Crippen molar-refractivity contribution in [1.82, 2.24) is 4.57 Å². The normalized spacial score (nSPS) is 11.5. The van der Waals surface area contributed by atoms with Gasteiger partial charge in [-0.3, -0.25) is 0 Å². The summed E-state index contributed by atoms with van der Waals surface area (Å²) in [7, 11) is 0. The second kappa shape index (κ2) is 4.95. The molecule has 0 atom stereocenters. The van der Waals surface area contributed by atoms with Gasteiger partial charge in [0.1, 0.15) is 0 Å². The van der Waals surface area contributed by atoms with Gasteiger partial charge in [-0.2, -0.15) is 0 Å². The molecule has 100 valence electrons. The van der Waals surface area contributed by atoms with Crippen molar-refractivity contribution in [2.75, 3.05) is 0 Å². The molecule has 0 saturated heterocycles. The lowest BCUT2D eigenvalue weighted by Crippen LogP contribution is -1.95. The highest BCUT2D eigenvalue weighted by molar-refractivity contribution is 5.89. The molecule has 0 fully saturated rings. The van der Waals surface area contributed by atoms with Gasteiger partial charge >= 0.3 is 0 Å². The van der Waals surface area contributed by atoms with Gasteiger partial charge in [0.2, 0.25) is 0 Å². The van der Waals surface area contributed by atoms with E-state index in [-0.39, 0.29) is 0 Å². The van der Waals surface area contributed by atoms with Crippen LogP contribution in [0.4, 0.5) is 0 Å². The standard InChI is InChI=1S/C20H15N/c1-3-9-16(10-4-1)20-15-17-11-7-8-14-19(17)21(20)18-12-5-2-6-13-18/h1-15H/i15D. The zero-order chi connectivity index (χ0) is 14.9. The first-order valence-corrected chi connectivity index (χ1v) is 7.07. The van der Waals surface area contributed by atoms with Crippen LogP contribution in [0.1, 0.15) is 1.37 Å². The van der Waals surface area contributed by atoms with E-state index in [9.17, 15) is 0 Å². The average Bonchev–Trinajstić information content (AvgIpc) is 2.90. The molecule has 0 aliphatic heterocycles. The van der Waals surface area contributed by atoms with Crippen molar-refractivity contribution in [3.8, 4) is 16.9 Å². The largest absolute Gasteiger partial charge is 0.309 e. The summed E-state index contributed by atoms with van der Waals surface area (Å²) in [6, 6.07) is 29.1. The van der Waals surface area contributed by atoms with Crippen LogP contribution in [-0.2, 0) is 0 Å². The second-order valence-electron chi connectivity index (χ2n) is 5.03. The van der Waals surface area contributed by atoms with Gasteiger partial charge in [-0.25, -0.2) is 0 Å². The Kier molecular flexibility index (Phi) is 2.57. The lowest BCUT2D eigenvalue weighted by Gasteiger charge is -2.11. The predicted molar refractivity (Wildman–Crippen MR) is 88.7 cm³/mol. The molecule has 1 heterocycles. The number of fused-ring (bicyclic) bond motifs is 1. The first-order valence-electron chi connectivity index (χ1n) is 7.57. The number of aromatic nitrogens is 1. The Hall–Kier alpha value is -2.80. The predicted octanol–water partition coefficient (Wildman–Crippen LogP) is 5.30. The van der Waals surface area contributed by atoms with Gasteiger partial charge in [-0.05, 0) is 29.8 Å². The monoisotopic (exact) mass is 270 g/mol. The van der Waals surface area contributed by atoms with Gasteiger partial charge in [0.05, 0.1) is 12.6 Å². The zero-order valence-electron chi connectivity index (χ0n) is 12.5. The van der Waals surface area contributed by atoms with Crippen LogP contribution < -0.4 is 0 Å². The van der Waals surface area contributed by atoms with E-state index in [2.05, 4.69) is 34.9 Å². The first kappa shape index (κ1) is 10.9. The van der Waals surface area contributed by atoms with Crippen molar-refractivity contribution in [1.29, 1.82) is 0 Å². The molecule has 0 saturated carbocycles. The van der Waals surface area contributed by atoms with E-state index in [1.807, 2.05) is 54.6 Å². The SMILES string of the molecule is [2H]c1c(-c2ccccc2)n(-c2ccccc2)c2ccccc12. The van der Waals surface area contributed by atoms with Crippen LogP contribution >= 0.6 is 0 Å². The maximum absolute atomic E-state index is 8.63. The molecule has 0 radical (unpaired) electrons. The molecule has 0 spiro atoms. The van der Waals surface area contributed by atoms with Gasteiger partial charge in [-0.1, -0.05) is 66.7 Å². The lowest BCUT2D eigenvalue weighted by atomic mass is 10.1. The third-order valence-electron chi connectivity index (χ3n) is 3.68. The average molecular weight is 270 g/mol. The van der Waals surface area contributed by atoms with Crippen molar-refractivity contribution in [2.24, 2.45) is 0 Å². The Morgan fingerprint density at radius 1 is 0.667 bits per heavy atom. The molecule has 21 heavy (non-hydrogen) atoms. The number of rotatable bonds is 2. The highest BCUT2D eigenvalue weighted by Crippen LogP contribution is 2.31. The van der Waals surface area contributed by atoms with Crippen molar-refractivity contribution in [3.05, 3.63) is 91.0 Å². The van der Waals surface area contributed by atoms with Crippen molar-refractivity contribution in [3.63, 3.8) is 0 Å². The summed E-state index contributed by atoms with van der Waals surface area (Å²) in [6.07, 6.45) is 0. The molecule has 0 N–H and O–H groups in total. The molecule has 0 aliphatic rings. The van der Waals surface area contributed by atoms with Crippen LogP contribution in [0.2, 0.25) is 0 Å². The fourth-order valence-electron chi connectivity index (χ4n) is 2.72. The minimum absolute atomic E-state index is 0.575. The van der Waals surface area contributed by atoms with E-state index in [4.69, 9.17) is 1.37 Å². The summed E-state index contributed by atoms with van der Waals surface area (Å²) in [5.41, 5.74) is 4.15.